The van der Waals surface area contributed by atoms with E-state index in [2.05, 4.69) is 5.32 Å². The van der Waals surface area contributed by atoms with Crippen LogP contribution in [0.1, 0.15) is 13.8 Å². The third-order valence-electron chi connectivity index (χ3n) is 2.41. The number of halogens is 3. The van der Waals surface area contributed by atoms with Gasteiger partial charge >= 0.3 is 5.97 Å². The smallest absolute Gasteiger partial charge is 0.347 e. The molecule has 1 aromatic carbocycles. The molecule has 5 nitrogen and oxygen atoms in total. The zero-order valence-corrected chi connectivity index (χ0v) is 14.1. The number of benzene rings is 1. The molecule has 0 bridgehead atoms. The van der Waals surface area contributed by atoms with Gasteiger partial charge in [-0.1, -0.05) is 34.8 Å². The van der Waals surface area contributed by atoms with Gasteiger partial charge in [0.2, 0.25) is 0 Å². The highest BCUT2D eigenvalue weighted by molar-refractivity contribution is 6.63. The lowest BCUT2D eigenvalue weighted by Crippen LogP contribution is -2.26. The summed E-state index contributed by atoms with van der Waals surface area (Å²) in [4.78, 5) is 23.1. The second kappa shape index (κ2) is 8.88. The van der Waals surface area contributed by atoms with E-state index < -0.39 is 18.0 Å². The maximum atomic E-state index is 11.6. The van der Waals surface area contributed by atoms with Gasteiger partial charge in [0.25, 0.3) is 5.91 Å². The van der Waals surface area contributed by atoms with Crippen molar-refractivity contribution in [3.8, 4) is 5.75 Å². The van der Waals surface area contributed by atoms with Crippen LogP contribution in [0.4, 0.5) is 5.69 Å². The van der Waals surface area contributed by atoms with Gasteiger partial charge in [-0.05, 0) is 38.1 Å². The average Bonchev–Trinajstić information content (AvgIpc) is 2.48. The van der Waals surface area contributed by atoms with Crippen molar-refractivity contribution in [2.45, 2.75) is 20.0 Å². The van der Waals surface area contributed by atoms with Gasteiger partial charge in [-0.2, -0.15) is 0 Å². The summed E-state index contributed by atoms with van der Waals surface area (Å²) in [7, 11) is 0. The van der Waals surface area contributed by atoms with Gasteiger partial charge in [0.1, 0.15) is 15.3 Å². The molecule has 0 unspecified atom stereocenters. The Morgan fingerprint density at radius 1 is 1.18 bits per heavy atom. The summed E-state index contributed by atoms with van der Waals surface area (Å²) in [6, 6.07) is 6.34. The van der Waals surface area contributed by atoms with Crippen molar-refractivity contribution in [1.82, 2.24) is 0 Å². The first-order valence-electron chi connectivity index (χ1n) is 6.30. The number of anilines is 1. The van der Waals surface area contributed by atoms with E-state index in [0.29, 0.717) is 11.4 Å². The molecule has 0 saturated carbocycles. The van der Waals surface area contributed by atoms with Crippen LogP contribution >= 0.6 is 34.8 Å². The fourth-order valence-corrected chi connectivity index (χ4v) is 1.62. The number of rotatable bonds is 6. The van der Waals surface area contributed by atoms with Crippen molar-refractivity contribution >= 4 is 52.4 Å². The molecule has 0 aromatic heterocycles. The average molecular weight is 367 g/mol. The zero-order chi connectivity index (χ0) is 16.7. The molecular weight excluding hydrogens is 353 g/mol. The summed E-state index contributed by atoms with van der Waals surface area (Å²) >= 11 is 16.4. The Hall–Kier alpha value is -1.43. The fourth-order valence-electron chi connectivity index (χ4n) is 1.40. The largest absolute Gasteiger partial charge is 0.479 e. The van der Waals surface area contributed by atoms with Crippen molar-refractivity contribution in [3.05, 3.63) is 33.8 Å². The van der Waals surface area contributed by atoms with Crippen LogP contribution in [0.25, 0.3) is 0 Å². The van der Waals surface area contributed by atoms with Gasteiger partial charge < -0.3 is 14.8 Å². The second-order valence-corrected chi connectivity index (χ2v) is 5.39. The quantitative estimate of drug-likeness (QED) is 0.613. The third kappa shape index (κ3) is 5.75. The summed E-state index contributed by atoms with van der Waals surface area (Å²) in [6.45, 7) is 3.59. The number of hydrogen-bond donors (Lipinski definition) is 1. The van der Waals surface area contributed by atoms with Crippen molar-refractivity contribution in [2.75, 3.05) is 11.9 Å². The third-order valence-corrected chi connectivity index (χ3v) is 3.34. The lowest BCUT2D eigenvalue weighted by Gasteiger charge is -2.13. The van der Waals surface area contributed by atoms with E-state index in [1.54, 1.807) is 38.1 Å². The van der Waals surface area contributed by atoms with Crippen LogP contribution in [0.2, 0.25) is 0 Å². The lowest BCUT2D eigenvalue weighted by atomic mass is 10.3. The van der Waals surface area contributed by atoms with Gasteiger partial charge in [-0.3, -0.25) is 4.79 Å². The standard InChI is InChI=1S/C14H14Cl3NO4/c1-3-21-14(20)8(2)22-10-6-4-9(5-7-10)18-13(19)11(15)12(16)17/h4-8H,3H2,1-2H3,(H,18,19)/t8-/m1/s1. The fraction of sp³-hybridized carbons (Fsp3) is 0.286. The number of nitrogens with one attached hydrogen (secondary N) is 1. The minimum absolute atomic E-state index is 0.287. The first-order valence-corrected chi connectivity index (χ1v) is 7.44. The van der Waals surface area contributed by atoms with Gasteiger partial charge in [0.15, 0.2) is 6.10 Å². The summed E-state index contributed by atoms with van der Waals surface area (Å²) in [5.41, 5.74) is 0.467. The first-order chi connectivity index (χ1) is 10.3. The van der Waals surface area contributed by atoms with E-state index in [1.165, 1.54) is 0 Å². The number of carbonyl (C=O) groups excluding carboxylic acids is 2. The van der Waals surface area contributed by atoms with Crippen LogP contribution in [0.5, 0.6) is 5.75 Å². The van der Waals surface area contributed by atoms with Crippen molar-refractivity contribution < 1.29 is 19.1 Å². The van der Waals surface area contributed by atoms with Gasteiger partial charge in [0.05, 0.1) is 6.61 Å². The van der Waals surface area contributed by atoms with Crippen LogP contribution in [0, 0.1) is 0 Å². The highest BCUT2D eigenvalue weighted by Crippen LogP contribution is 2.21. The molecule has 1 N–H and O–H groups in total. The number of ether oxygens (including phenoxy) is 2. The van der Waals surface area contributed by atoms with Gasteiger partial charge in [0, 0.05) is 5.69 Å². The van der Waals surface area contributed by atoms with Crippen LogP contribution in [0.3, 0.4) is 0 Å². The highest BCUT2D eigenvalue weighted by atomic mass is 35.5. The normalized spacial score (nSPS) is 11.3. The van der Waals surface area contributed by atoms with E-state index in [4.69, 9.17) is 44.3 Å². The number of esters is 1. The molecule has 1 atom stereocenters. The Labute approximate surface area is 143 Å². The Kier molecular flexibility index (Phi) is 7.51. The Morgan fingerprint density at radius 3 is 2.27 bits per heavy atom. The molecule has 0 fully saturated rings. The SMILES string of the molecule is CCOC(=O)[C@@H](C)Oc1ccc(NC(=O)C(Cl)=C(Cl)Cl)cc1. The molecule has 0 aliphatic carbocycles. The molecule has 1 rings (SSSR count). The first kappa shape index (κ1) is 18.6. The molecule has 8 heteroatoms. The Bertz CT molecular complexity index is 568. The summed E-state index contributed by atoms with van der Waals surface area (Å²) in [5, 5.41) is 2.20. The number of amides is 1. The molecule has 120 valence electrons. The Balaban J connectivity index is 2.66. The molecule has 0 aliphatic rings. The Morgan fingerprint density at radius 2 is 1.77 bits per heavy atom. The molecule has 22 heavy (non-hydrogen) atoms. The van der Waals surface area contributed by atoms with E-state index in [1.807, 2.05) is 0 Å². The van der Waals surface area contributed by atoms with Gasteiger partial charge in [-0.15, -0.1) is 0 Å². The van der Waals surface area contributed by atoms with Gasteiger partial charge in [-0.25, -0.2) is 4.79 Å². The monoisotopic (exact) mass is 365 g/mol. The lowest BCUT2D eigenvalue weighted by molar-refractivity contribution is -0.150. The molecule has 0 radical (unpaired) electrons. The number of carbonyl (C=O) groups is 2. The maximum Gasteiger partial charge on any atom is 0.347 e. The molecule has 1 aromatic rings. The van der Waals surface area contributed by atoms with E-state index in [-0.39, 0.29) is 16.1 Å². The molecule has 1 amide bonds. The summed E-state index contributed by atoms with van der Waals surface area (Å²) in [5.74, 6) is -0.626. The van der Waals surface area contributed by atoms with Crippen LogP contribution in [0.15, 0.2) is 33.8 Å². The highest BCUT2D eigenvalue weighted by Gasteiger charge is 2.16. The predicted octanol–water partition coefficient (Wildman–Crippen LogP) is 3.84. The molecule has 0 heterocycles. The van der Waals surface area contributed by atoms with Crippen LogP contribution in [-0.2, 0) is 14.3 Å². The van der Waals surface area contributed by atoms with E-state index >= 15 is 0 Å². The summed E-state index contributed by atoms with van der Waals surface area (Å²) < 4.78 is 9.93. The zero-order valence-electron chi connectivity index (χ0n) is 11.9. The molecular formula is C14H14Cl3NO4. The maximum absolute atomic E-state index is 11.6. The second-order valence-electron chi connectivity index (χ2n) is 4.07. The minimum Gasteiger partial charge on any atom is -0.479 e. The van der Waals surface area contributed by atoms with Crippen molar-refractivity contribution in [2.24, 2.45) is 0 Å². The van der Waals surface area contributed by atoms with E-state index in [9.17, 15) is 9.59 Å². The van der Waals surface area contributed by atoms with E-state index in [0.717, 1.165) is 0 Å². The molecule has 0 aliphatic heterocycles. The molecule has 0 saturated heterocycles. The summed E-state index contributed by atoms with van der Waals surface area (Å²) in [6.07, 6.45) is -0.729. The van der Waals surface area contributed by atoms with Crippen molar-refractivity contribution in [3.63, 3.8) is 0 Å². The molecule has 0 spiro atoms. The van der Waals surface area contributed by atoms with Crippen molar-refractivity contribution in [1.29, 1.82) is 0 Å². The van der Waals surface area contributed by atoms with Crippen LogP contribution < -0.4 is 10.1 Å². The predicted molar refractivity (Wildman–Crippen MR) is 86.4 cm³/mol. The number of hydrogen-bond acceptors (Lipinski definition) is 4. The minimum atomic E-state index is -0.729. The topological polar surface area (TPSA) is 64.6 Å². The van der Waals surface area contributed by atoms with Crippen LogP contribution in [-0.4, -0.2) is 24.6 Å².